The first-order valence-corrected chi connectivity index (χ1v) is 8.04. The number of carbonyl (C=O) groups is 2. The van der Waals surface area contributed by atoms with E-state index in [-0.39, 0.29) is 5.56 Å². The molecule has 0 radical (unpaired) electrons. The largest absolute Gasteiger partial charge is 0.482 e. The molecule has 0 aliphatic rings. The maximum absolute atomic E-state index is 12.8. The second kappa shape index (κ2) is 7.82. The van der Waals surface area contributed by atoms with Crippen LogP contribution in [0, 0.1) is 12.7 Å². The molecule has 1 aromatic heterocycles. The third-order valence-electron chi connectivity index (χ3n) is 3.81. The summed E-state index contributed by atoms with van der Waals surface area (Å²) in [6.07, 6.45) is 0. The van der Waals surface area contributed by atoms with Gasteiger partial charge in [0.2, 0.25) is 0 Å². The molecule has 0 saturated heterocycles. The number of aryl methyl sites for hydroxylation is 1. The highest BCUT2D eigenvalue weighted by Gasteiger charge is 2.11. The lowest BCUT2D eigenvalue weighted by molar-refractivity contribution is -0.144. The van der Waals surface area contributed by atoms with Crippen molar-refractivity contribution >= 4 is 22.7 Å². The third-order valence-corrected chi connectivity index (χ3v) is 3.81. The molecule has 0 saturated carbocycles. The van der Waals surface area contributed by atoms with Crippen LogP contribution in [0.5, 0.6) is 5.75 Å². The maximum atomic E-state index is 12.8. The number of hydrogen-bond donors (Lipinski definition) is 0. The normalized spacial score (nSPS) is 10.6. The van der Waals surface area contributed by atoms with E-state index in [4.69, 9.17) is 13.9 Å². The summed E-state index contributed by atoms with van der Waals surface area (Å²) < 4.78 is 28.1. The van der Waals surface area contributed by atoms with E-state index in [2.05, 4.69) is 0 Å². The van der Waals surface area contributed by atoms with Crippen molar-refractivity contribution in [1.82, 2.24) is 0 Å². The zero-order chi connectivity index (χ0) is 19.4. The molecule has 0 unspecified atom stereocenters. The van der Waals surface area contributed by atoms with Crippen LogP contribution in [0.25, 0.3) is 11.0 Å². The lowest BCUT2D eigenvalue weighted by Crippen LogP contribution is -2.19. The Labute approximate surface area is 153 Å². The van der Waals surface area contributed by atoms with Crippen LogP contribution in [0.2, 0.25) is 0 Å². The molecule has 0 bridgehead atoms. The summed E-state index contributed by atoms with van der Waals surface area (Å²) in [4.78, 5) is 35.0. The van der Waals surface area contributed by atoms with E-state index in [9.17, 15) is 18.8 Å². The fourth-order valence-electron chi connectivity index (χ4n) is 2.44. The van der Waals surface area contributed by atoms with Crippen molar-refractivity contribution in [3.05, 3.63) is 75.9 Å². The first-order chi connectivity index (χ1) is 12.9. The van der Waals surface area contributed by atoms with E-state index in [0.29, 0.717) is 11.3 Å². The predicted octanol–water partition coefficient (Wildman–Crippen LogP) is 3.05. The Hall–Kier alpha value is -3.48. The maximum Gasteiger partial charge on any atom is 0.344 e. The van der Waals surface area contributed by atoms with E-state index < -0.39 is 36.4 Å². The monoisotopic (exact) mass is 370 g/mol. The summed E-state index contributed by atoms with van der Waals surface area (Å²) in [7, 11) is 0. The molecule has 6 nitrogen and oxygen atoms in total. The molecule has 0 atom stereocenters. The van der Waals surface area contributed by atoms with Crippen molar-refractivity contribution < 1.29 is 27.9 Å². The first-order valence-electron chi connectivity index (χ1n) is 8.04. The first kappa shape index (κ1) is 18.3. The summed E-state index contributed by atoms with van der Waals surface area (Å²) >= 11 is 0. The Balaban J connectivity index is 1.56. The lowest BCUT2D eigenvalue weighted by Gasteiger charge is -2.08. The van der Waals surface area contributed by atoms with Gasteiger partial charge in [0.1, 0.15) is 17.1 Å². The molecule has 138 valence electrons. The minimum atomic E-state index is -0.740. The van der Waals surface area contributed by atoms with Gasteiger partial charge in [-0.1, -0.05) is 0 Å². The SMILES string of the molecule is Cc1cc(=O)oc2cc(OCC(=O)OCC(=O)c3ccc(F)cc3)ccc12. The zero-order valence-electron chi connectivity index (χ0n) is 14.4. The van der Waals surface area contributed by atoms with E-state index in [1.54, 1.807) is 19.1 Å². The van der Waals surface area contributed by atoms with Gasteiger partial charge in [-0.15, -0.1) is 0 Å². The van der Waals surface area contributed by atoms with Gasteiger partial charge in [0.15, 0.2) is 19.0 Å². The van der Waals surface area contributed by atoms with Crippen molar-refractivity contribution in [2.24, 2.45) is 0 Å². The Bertz CT molecular complexity index is 1050. The van der Waals surface area contributed by atoms with Gasteiger partial charge < -0.3 is 13.9 Å². The topological polar surface area (TPSA) is 82.8 Å². The molecule has 0 amide bonds. The Kier molecular flexibility index (Phi) is 5.30. The van der Waals surface area contributed by atoms with Crippen molar-refractivity contribution in [3.8, 4) is 5.75 Å². The van der Waals surface area contributed by atoms with Crippen molar-refractivity contribution in [2.45, 2.75) is 6.92 Å². The number of ketones is 1. The van der Waals surface area contributed by atoms with Crippen LogP contribution in [0.4, 0.5) is 4.39 Å². The predicted molar refractivity (Wildman–Crippen MR) is 94.4 cm³/mol. The van der Waals surface area contributed by atoms with Crippen LogP contribution in [-0.4, -0.2) is 25.0 Å². The summed E-state index contributed by atoms with van der Waals surface area (Å²) in [5.41, 5.74) is 0.879. The standard InChI is InChI=1S/C20H15FO6/c1-12-8-19(23)27-18-9-15(6-7-16(12)18)25-11-20(24)26-10-17(22)13-2-4-14(21)5-3-13/h2-9H,10-11H2,1H3. The van der Waals surface area contributed by atoms with Gasteiger partial charge in [-0.05, 0) is 48.9 Å². The second-order valence-corrected chi connectivity index (χ2v) is 5.79. The van der Waals surface area contributed by atoms with Gasteiger partial charge in [-0.2, -0.15) is 0 Å². The highest BCUT2D eigenvalue weighted by Crippen LogP contribution is 2.22. The van der Waals surface area contributed by atoms with Crippen molar-refractivity contribution in [3.63, 3.8) is 0 Å². The average molecular weight is 370 g/mol. The number of carbonyl (C=O) groups excluding carboxylic acids is 2. The Morgan fingerprint density at radius 1 is 1.04 bits per heavy atom. The Morgan fingerprint density at radius 2 is 1.78 bits per heavy atom. The molecule has 0 aliphatic heterocycles. The number of esters is 1. The van der Waals surface area contributed by atoms with Gasteiger partial charge in [-0.3, -0.25) is 4.79 Å². The van der Waals surface area contributed by atoms with Crippen LogP contribution in [0.3, 0.4) is 0 Å². The smallest absolute Gasteiger partial charge is 0.344 e. The molecular weight excluding hydrogens is 355 g/mol. The highest BCUT2D eigenvalue weighted by atomic mass is 19.1. The molecule has 3 rings (SSSR count). The summed E-state index contributed by atoms with van der Waals surface area (Å²) in [5, 5.41) is 0.759. The quantitative estimate of drug-likeness (QED) is 0.377. The van der Waals surface area contributed by atoms with Crippen LogP contribution < -0.4 is 10.4 Å². The van der Waals surface area contributed by atoms with Gasteiger partial charge in [0.25, 0.3) is 0 Å². The summed E-state index contributed by atoms with van der Waals surface area (Å²) in [5.74, 6) is -1.33. The van der Waals surface area contributed by atoms with Gasteiger partial charge >= 0.3 is 11.6 Å². The molecular formula is C20H15FO6. The van der Waals surface area contributed by atoms with Gasteiger partial charge in [0.05, 0.1) is 0 Å². The zero-order valence-corrected chi connectivity index (χ0v) is 14.4. The molecule has 2 aromatic carbocycles. The van der Waals surface area contributed by atoms with Crippen LogP contribution in [-0.2, 0) is 9.53 Å². The Morgan fingerprint density at radius 3 is 2.52 bits per heavy atom. The highest BCUT2D eigenvalue weighted by molar-refractivity contribution is 5.97. The van der Waals surface area contributed by atoms with Crippen LogP contribution in [0.15, 0.2) is 57.7 Å². The number of fused-ring (bicyclic) bond motifs is 1. The molecule has 0 fully saturated rings. The van der Waals surface area contributed by atoms with Gasteiger partial charge in [-0.25, -0.2) is 14.0 Å². The van der Waals surface area contributed by atoms with Crippen LogP contribution >= 0.6 is 0 Å². The number of rotatable bonds is 6. The number of halogens is 1. The van der Waals surface area contributed by atoms with E-state index in [0.717, 1.165) is 23.1 Å². The molecule has 27 heavy (non-hydrogen) atoms. The molecule has 0 spiro atoms. The molecule has 0 N–H and O–H groups in total. The van der Waals surface area contributed by atoms with E-state index >= 15 is 0 Å². The number of ether oxygens (including phenoxy) is 2. The van der Waals surface area contributed by atoms with Gasteiger partial charge in [0, 0.05) is 23.1 Å². The third kappa shape index (κ3) is 4.58. The second-order valence-electron chi connectivity index (χ2n) is 5.79. The summed E-state index contributed by atoms with van der Waals surface area (Å²) in [6.45, 7) is 0.896. The fraction of sp³-hybridized carbons (Fsp3) is 0.150. The molecule has 0 aliphatic carbocycles. The van der Waals surface area contributed by atoms with Crippen molar-refractivity contribution in [1.29, 1.82) is 0 Å². The minimum absolute atomic E-state index is 0.241. The van der Waals surface area contributed by atoms with Crippen LogP contribution in [0.1, 0.15) is 15.9 Å². The fourth-order valence-corrected chi connectivity index (χ4v) is 2.44. The minimum Gasteiger partial charge on any atom is -0.482 e. The van der Waals surface area contributed by atoms with E-state index in [1.807, 2.05) is 0 Å². The molecule has 1 heterocycles. The van der Waals surface area contributed by atoms with E-state index in [1.165, 1.54) is 24.3 Å². The summed E-state index contributed by atoms with van der Waals surface area (Å²) in [6, 6.07) is 11.2. The van der Waals surface area contributed by atoms with Crippen molar-refractivity contribution in [2.75, 3.05) is 13.2 Å². The molecule has 7 heteroatoms. The molecule has 3 aromatic rings. The number of Topliss-reactive ketones (excluding diaryl/α,β-unsaturated/α-hetero) is 1. The number of benzene rings is 2. The average Bonchev–Trinajstić information content (AvgIpc) is 2.64. The lowest BCUT2D eigenvalue weighted by atomic mass is 10.1. The number of hydrogen-bond acceptors (Lipinski definition) is 6.